The van der Waals surface area contributed by atoms with Crippen molar-refractivity contribution in [1.29, 1.82) is 0 Å². The van der Waals surface area contributed by atoms with Gasteiger partial charge in [-0.3, -0.25) is 0 Å². The third-order valence-electron chi connectivity index (χ3n) is 2.61. The molecule has 0 nitrogen and oxygen atoms in total. The standard InChI is InChI=1S/C10H18/c1-4-5-10-8(2)6-7-9(10)3/h8H,4-7H2,1-3H3. The van der Waals surface area contributed by atoms with E-state index in [2.05, 4.69) is 20.8 Å². The summed E-state index contributed by atoms with van der Waals surface area (Å²) < 4.78 is 0. The van der Waals surface area contributed by atoms with Crippen molar-refractivity contribution in [2.24, 2.45) is 5.92 Å². The van der Waals surface area contributed by atoms with Gasteiger partial charge in [0, 0.05) is 0 Å². The maximum absolute atomic E-state index is 2.36. The first kappa shape index (κ1) is 7.84. The molecule has 0 aromatic heterocycles. The van der Waals surface area contributed by atoms with Crippen LogP contribution in [0.3, 0.4) is 0 Å². The van der Waals surface area contributed by atoms with E-state index in [1.807, 2.05) is 0 Å². The Bertz CT molecular complexity index is 142. The molecule has 0 saturated heterocycles. The summed E-state index contributed by atoms with van der Waals surface area (Å²) in [6.07, 6.45) is 5.42. The van der Waals surface area contributed by atoms with E-state index in [0.717, 1.165) is 5.92 Å². The lowest BCUT2D eigenvalue weighted by molar-refractivity contribution is 0.638. The van der Waals surface area contributed by atoms with Crippen molar-refractivity contribution in [3.05, 3.63) is 11.1 Å². The van der Waals surface area contributed by atoms with Gasteiger partial charge in [0.05, 0.1) is 0 Å². The smallest absolute Gasteiger partial charge is 0.0226 e. The number of hydrogen-bond acceptors (Lipinski definition) is 0. The zero-order chi connectivity index (χ0) is 7.56. The minimum Gasteiger partial charge on any atom is -0.0738 e. The number of hydrogen-bond donors (Lipinski definition) is 0. The second-order valence-electron chi connectivity index (χ2n) is 3.50. The largest absolute Gasteiger partial charge is 0.0738 e. The lowest BCUT2D eigenvalue weighted by Crippen LogP contribution is -1.92. The van der Waals surface area contributed by atoms with Crippen LogP contribution in [-0.2, 0) is 0 Å². The summed E-state index contributed by atoms with van der Waals surface area (Å²) in [6.45, 7) is 6.93. The quantitative estimate of drug-likeness (QED) is 0.512. The third-order valence-corrected chi connectivity index (χ3v) is 2.61. The van der Waals surface area contributed by atoms with Crippen LogP contribution in [0.5, 0.6) is 0 Å². The molecule has 1 aliphatic carbocycles. The summed E-state index contributed by atoms with van der Waals surface area (Å²) in [4.78, 5) is 0. The van der Waals surface area contributed by atoms with E-state index in [0.29, 0.717) is 0 Å². The molecule has 0 saturated carbocycles. The van der Waals surface area contributed by atoms with Crippen molar-refractivity contribution in [1.82, 2.24) is 0 Å². The fourth-order valence-corrected chi connectivity index (χ4v) is 1.92. The van der Waals surface area contributed by atoms with E-state index in [1.54, 1.807) is 11.1 Å². The van der Waals surface area contributed by atoms with Crippen molar-refractivity contribution in [2.45, 2.75) is 46.5 Å². The van der Waals surface area contributed by atoms with Gasteiger partial charge in [0.1, 0.15) is 0 Å². The Morgan fingerprint density at radius 2 is 2.20 bits per heavy atom. The maximum Gasteiger partial charge on any atom is -0.0226 e. The van der Waals surface area contributed by atoms with E-state index >= 15 is 0 Å². The van der Waals surface area contributed by atoms with Crippen LogP contribution in [0, 0.1) is 5.92 Å². The van der Waals surface area contributed by atoms with Gasteiger partial charge in [-0.05, 0) is 32.1 Å². The van der Waals surface area contributed by atoms with Crippen molar-refractivity contribution in [2.75, 3.05) is 0 Å². The predicted octanol–water partition coefficient (Wildman–Crippen LogP) is 3.53. The van der Waals surface area contributed by atoms with Crippen LogP contribution < -0.4 is 0 Å². The Morgan fingerprint density at radius 3 is 2.60 bits per heavy atom. The average Bonchev–Trinajstić information content (AvgIpc) is 2.20. The van der Waals surface area contributed by atoms with Gasteiger partial charge in [-0.25, -0.2) is 0 Å². The van der Waals surface area contributed by atoms with Gasteiger partial charge in [-0.15, -0.1) is 0 Å². The van der Waals surface area contributed by atoms with E-state index < -0.39 is 0 Å². The summed E-state index contributed by atoms with van der Waals surface area (Å²) in [5.41, 5.74) is 3.43. The number of allylic oxidation sites excluding steroid dienone is 2. The fraction of sp³-hybridized carbons (Fsp3) is 0.800. The molecular weight excluding hydrogens is 120 g/mol. The second-order valence-corrected chi connectivity index (χ2v) is 3.50. The first-order chi connectivity index (χ1) is 4.75. The van der Waals surface area contributed by atoms with E-state index in [1.165, 1.54) is 25.7 Å². The predicted molar refractivity (Wildman–Crippen MR) is 46.0 cm³/mol. The average molecular weight is 138 g/mol. The minimum atomic E-state index is 0.889. The molecule has 58 valence electrons. The molecule has 0 heterocycles. The lowest BCUT2D eigenvalue weighted by atomic mass is 9.99. The van der Waals surface area contributed by atoms with Gasteiger partial charge in [0.2, 0.25) is 0 Å². The normalized spacial score (nSPS) is 26.1. The molecule has 0 aromatic carbocycles. The Morgan fingerprint density at radius 1 is 1.50 bits per heavy atom. The van der Waals surface area contributed by atoms with Gasteiger partial charge in [0.25, 0.3) is 0 Å². The molecule has 1 aliphatic rings. The monoisotopic (exact) mass is 138 g/mol. The highest BCUT2D eigenvalue weighted by atomic mass is 14.2. The Kier molecular flexibility index (Phi) is 2.53. The molecule has 0 N–H and O–H groups in total. The van der Waals surface area contributed by atoms with E-state index in [9.17, 15) is 0 Å². The van der Waals surface area contributed by atoms with Gasteiger partial charge < -0.3 is 0 Å². The first-order valence-electron chi connectivity index (χ1n) is 4.44. The topological polar surface area (TPSA) is 0 Å². The van der Waals surface area contributed by atoms with Crippen molar-refractivity contribution in [3.8, 4) is 0 Å². The molecule has 10 heavy (non-hydrogen) atoms. The Labute approximate surface area is 64.3 Å². The second kappa shape index (κ2) is 3.23. The molecule has 1 unspecified atom stereocenters. The zero-order valence-electron chi connectivity index (χ0n) is 7.41. The SMILES string of the molecule is CCCC1=C(C)CCC1C. The van der Waals surface area contributed by atoms with Crippen LogP contribution in [0.25, 0.3) is 0 Å². The van der Waals surface area contributed by atoms with E-state index in [4.69, 9.17) is 0 Å². The molecule has 0 spiro atoms. The minimum absolute atomic E-state index is 0.889. The summed E-state index contributed by atoms with van der Waals surface area (Å²) in [7, 11) is 0. The summed E-state index contributed by atoms with van der Waals surface area (Å²) in [6, 6.07) is 0. The van der Waals surface area contributed by atoms with Gasteiger partial charge in [-0.1, -0.05) is 31.4 Å². The molecule has 0 aliphatic heterocycles. The van der Waals surface area contributed by atoms with Crippen LogP contribution in [-0.4, -0.2) is 0 Å². The molecule has 0 amide bonds. The Balaban J connectivity index is 2.59. The van der Waals surface area contributed by atoms with Crippen LogP contribution in [0.4, 0.5) is 0 Å². The van der Waals surface area contributed by atoms with Gasteiger partial charge >= 0.3 is 0 Å². The third kappa shape index (κ3) is 1.42. The van der Waals surface area contributed by atoms with E-state index in [-0.39, 0.29) is 0 Å². The first-order valence-corrected chi connectivity index (χ1v) is 4.44. The molecule has 0 bridgehead atoms. The fourth-order valence-electron chi connectivity index (χ4n) is 1.92. The summed E-state index contributed by atoms with van der Waals surface area (Å²) >= 11 is 0. The molecule has 0 heteroatoms. The van der Waals surface area contributed by atoms with Crippen LogP contribution in [0.15, 0.2) is 11.1 Å². The molecule has 0 aromatic rings. The molecule has 1 atom stereocenters. The maximum atomic E-state index is 2.36. The highest BCUT2D eigenvalue weighted by Crippen LogP contribution is 2.33. The van der Waals surface area contributed by atoms with Gasteiger partial charge in [0.15, 0.2) is 0 Å². The highest BCUT2D eigenvalue weighted by molar-refractivity contribution is 5.20. The molecule has 0 radical (unpaired) electrons. The number of rotatable bonds is 2. The van der Waals surface area contributed by atoms with Crippen LogP contribution >= 0.6 is 0 Å². The van der Waals surface area contributed by atoms with Crippen molar-refractivity contribution >= 4 is 0 Å². The molecule has 1 rings (SSSR count). The van der Waals surface area contributed by atoms with Crippen LogP contribution in [0.2, 0.25) is 0 Å². The van der Waals surface area contributed by atoms with Gasteiger partial charge in [-0.2, -0.15) is 0 Å². The Hall–Kier alpha value is -0.260. The van der Waals surface area contributed by atoms with Crippen molar-refractivity contribution < 1.29 is 0 Å². The van der Waals surface area contributed by atoms with Crippen LogP contribution in [0.1, 0.15) is 46.5 Å². The highest BCUT2D eigenvalue weighted by Gasteiger charge is 2.17. The summed E-state index contributed by atoms with van der Waals surface area (Å²) in [5.74, 6) is 0.889. The molecular formula is C10H18. The van der Waals surface area contributed by atoms with Crippen molar-refractivity contribution in [3.63, 3.8) is 0 Å². The zero-order valence-corrected chi connectivity index (χ0v) is 7.41. The summed E-state index contributed by atoms with van der Waals surface area (Å²) in [5, 5.41) is 0. The lowest BCUT2D eigenvalue weighted by Gasteiger charge is -2.07. The molecule has 0 fully saturated rings.